The summed E-state index contributed by atoms with van der Waals surface area (Å²) in [5.74, 6) is 0.382. The molecule has 1 aromatic rings. The normalized spacial score (nSPS) is 16.7. The first-order valence-electron chi connectivity index (χ1n) is 6.13. The number of nitrogens with zero attached hydrogens (tertiary/aromatic N) is 2. The molecule has 5 nitrogen and oxygen atoms in total. The van der Waals surface area contributed by atoms with E-state index >= 15 is 0 Å². The topological polar surface area (TPSA) is 54.5 Å². The Morgan fingerprint density at radius 2 is 2.26 bits per heavy atom. The molecule has 0 bridgehead atoms. The van der Waals surface area contributed by atoms with E-state index in [9.17, 15) is 4.79 Å². The van der Waals surface area contributed by atoms with Gasteiger partial charge in [-0.1, -0.05) is 6.08 Å². The van der Waals surface area contributed by atoms with Gasteiger partial charge in [0, 0.05) is 36.4 Å². The van der Waals surface area contributed by atoms with Crippen LogP contribution in [0.25, 0.3) is 0 Å². The molecule has 2 heterocycles. The number of nitrogens with one attached hydrogen (secondary N) is 1. The molecule has 1 aliphatic rings. The second-order valence-electron chi connectivity index (χ2n) is 4.17. The molecule has 2 rings (SSSR count). The molecule has 0 radical (unpaired) electrons. The molecular formula is C13H16BrN3O2. The Bertz CT molecular complexity index is 442. The molecule has 0 spiro atoms. The number of rotatable bonds is 4. The Morgan fingerprint density at radius 3 is 2.95 bits per heavy atom. The summed E-state index contributed by atoms with van der Waals surface area (Å²) in [4.78, 5) is 18.0. The van der Waals surface area contributed by atoms with Crippen LogP contribution in [0.2, 0.25) is 0 Å². The van der Waals surface area contributed by atoms with Crippen LogP contribution in [0, 0.1) is 0 Å². The van der Waals surface area contributed by atoms with Gasteiger partial charge in [-0.15, -0.1) is 0 Å². The number of carbonyl (C=O) groups excluding carboxylic acids is 1. The molecule has 0 atom stereocenters. The fourth-order valence-electron chi connectivity index (χ4n) is 1.71. The van der Waals surface area contributed by atoms with Crippen molar-refractivity contribution in [2.45, 2.75) is 0 Å². The van der Waals surface area contributed by atoms with Crippen LogP contribution in [-0.4, -0.2) is 48.6 Å². The summed E-state index contributed by atoms with van der Waals surface area (Å²) in [6.07, 6.45) is 5.05. The number of morpholine rings is 1. The van der Waals surface area contributed by atoms with E-state index in [4.69, 9.17) is 4.74 Å². The molecule has 0 saturated carbocycles. The molecular weight excluding hydrogens is 310 g/mol. The maximum absolute atomic E-state index is 11.6. The molecule has 1 aromatic heterocycles. The first-order chi connectivity index (χ1) is 9.24. The van der Waals surface area contributed by atoms with Gasteiger partial charge in [-0.2, -0.15) is 0 Å². The van der Waals surface area contributed by atoms with Crippen molar-refractivity contribution in [3.05, 3.63) is 35.0 Å². The zero-order chi connectivity index (χ0) is 13.5. The number of amides is 1. The van der Waals surface area contributed by atoms with Gasteiger partial charge < -0.3 is 10.1 Å². The van der Waals surface area contributed by atoms with Crippen LogP contribution < -0.4 is 5.32 Å². The van der Waals surface area contributed by atoms with Crippen LogP contribution in [0.5, 0.6) is 0 Å². The summed E-state index contributed by atoms with van der Waals surface area (Å²) in [5.41, 5.74) is 0. The Labute approximate surface area is 120 Å². The highest BCUT2D eigenvalue weighted by Crippen LogP contribution is 2.10. The van der Waals surface area contributed by atoms with Crippen molar-refractivity contribution < 1.29 is 9.53 Å². The van der Waals surface area contributed by atoms with Gasteiger partial charge in [0.1, 0.15) is 5.82 Å². The fraction of sp³-hybridized carbons (Fsp3) is 0.385. The predicted molar refractivity (Wildman–Crippen MR) is 77.0 cm³/mol. The molecule has 1 N–H and O–H groups in total. The molecule has 1 aliphatic heterocycles. The van der Waals surface area contributed by atoms with Crippen LogP contribution in [-0.2, 0) is 9.53 Å². The lowest BCUT2D eigenvalue weighted by Gasteiger charge is -2.24. The number of hydrogen-bond acceptors (Lipinski definition) is 4. The summed E-state index contributed by atoms with van der Waals surface area (Å²) < 4.78 is 6.14. The van der Waals surface area contributed by atoms with Gasteiger partial charge in [0.15, 0.2) is 0 Å². The zero-order valence-electron chi connectivity index (χ0n) is 10.5. The average molecular weight is 326 g/mol. The standard InChI is InChI=1S/C13H16BrN3O2/c14-11-3-4-12(15-10-11)16-13(18)2-1-5-17-6-8-19-9-7-17/h1-4,10H,5-9H2,(H,15,16,18). The van der Waals surface area contributed by atoms with Gasteiger partial charge in [-0.3, -0.25) is 9.69 Å². The van der Waals surface area contributed by atoms with Crippen LogP contribution in [0.3, 0.4) is 0 Å². The number of halogens is 1. The molecule has 1 saturated heterocycles. The largest absolute Gasteiger partial charge is 0.379 e. The van der Waals surface area contributed by atoms with E-state index in [2.05, 4.69) is 31.1 Å². The number of ether oxygens (including phenoxy) is 1. The maximum Gasteiger partial charge on any atom is 0.249 e. The van der Waals surface area contributed by atoms with Crippen LogP contribution in [0.1, 0.15) is 0 Å². The highest BCUT2D eigenvalue weighted by Gasteiger charge is 2.07. The van der Waals surface area contributed by atoms with Crippen LogP contribution >= 0.6 is 15.9 Å². The number of anilines is 1. The minimum Gasteiger partial charge on any atom is -0.379 e. The van der Waals surface area contributed by atoms with Crippen molar-refractivity contribution in [1.82, 2.24) is 9.88 Å². The minimum atomic E-state index is -0.164. The summed E-state index contributed by atoms with van der Waals surface area (Å²) in [6.45, 7) is 4.14. The molecule has 0 unspecified atom stereocenters. The van der Waals surface area contributed by atoms with E-state index in [0.717, 1.165) is 37.3 Å². The number of pyridine rings is 1. The highest BCUT2D eigenvalue weighted by molar-refractivity contribution is 9.10. The van der Waals surface area contributed by atoms with E-state index < -0.39 is 0 Å². The molecule has 6 heteroatoms. The monoisotopic (exact) mass is 325 g/mol. The van der Waals surface area contributed by atoms with Crippen molar-refractivity contribution in [1.29, 1.82) is 0 Å². The lowest BCUT2D eigenvalue weighted by atomic mass is 10.3. The van der Waals surface area contributed by atoms with Crippen molar-refractivity contribution in [3.8, 4) is 0 Å². The summed E-state index contributed by atoms with van der Waals surface area (Å²) in [7, 11) is 0. The molecule has 102 valence electrons. The molecule has 1 fully saturated rings. The summed E-state index contributed by atoms with van der Waals surface area (Å²) >= 11 is 3.29. The predicted octanol–water partition coefficient (Wildman–Crippen LogP) is 1.67. The summed E-state index contributed by atoms with van der Waals surface area (Å²) in [6, 6.07) is 3.58. The van der Waals surface area contributed by atoms with Crippen LogP contribution in [0.15, 0.2) is 35.0 Å². The van der Waals surface area contributed by atoms with E-state index in [0.29, 0.717) is 5.82 Å². The third kappa shape index (κ3) is 5.10. The van der Waals surface area contributed by atoms with E-state index in [1.54, 1.807) is 18.3 Å². The van der Waals surface area contributed by atoms with Crippen molar-refractivity contribution in [3.63, 3.8) is 0 Å². The first-order valence-corrected chi connectivity index (χ1v) is 6.92. The van der Waals surface area contributed by atoms with Gasteiger partial charge >= 0.3 is 0 Å². The van der Waals surface area contributed by atoms with E-state index in [1.165, 1.54) is 0 Å². The molecule has 0 aliphatic carbocycles. The second kappa shape index (κ2) is 7.37. The lowest BCUT2D eigenvalue weighted by molar-refractivity contribution is -0.111. The van der Waals surface area contributed by atoms with Gasteiger partial charge in [0.2, 0.25) is 5.91 Å². The third-order valence-corrected chi connectivity index (χ3v) is 3.18. The number of carbonyl (C=O) groups is 1. The van der Waals surface area contributed by atoms with E-state index in [-0.39, 0.29) is 5.91 Å². The molecule has 1 amide bonds. The SMILES string of the molecule is O=C(C=CCN1CCOCC1)Nc1ccc(Br)cn1. The third-order valence-electron chi connectivity index (χ3n) is 2.72. The Balaban J connectivity index is 1.75. The van der Waals surface area contributed by atoms with Crippen molar-refractivity contribution in [2.24, 2.45) is 0 Å². The van der Waals surface area contributed by atoms with Gasteiger partial charge in [0.25, 0.3) is 0 Å². The second-order valence-corrected chi connectivity index (χ2v) is 5.08. The average Bonchev–Trinajstić information content (AvgIpc) is 2.43. The summed E-state index contributed by atoms with van der Waals surface area (Å²) in [5, 5.41) is 2.71. The molecule has 19 heavy (non-hydrogen) atoms. The number of hydrogen-bond donors (Lipinski definition) is 1. The Hall–Kier alpha value is -1.24. The van der Waals surface area contributed by atoms with Gasteiger partial charge in [0.05, 0.1) is 13.2 Å². The van der Waals surface area contributed by atoms with E-state index in [1.807, 2.05) is 12.1 Å². The zero-order valence-corrected chi connectivity index (χ0v) is 12.1. The highest BCUT2D eigenvalue weighted by atomic mass is 79.9. The number of aromatic nitrogens is 1. The minimum absolute atomic E-state index is 0.164. The van der Waals surface area contributed by atoms with Crippen LogP contribution in [0.4, 0.5) is 5.82 Å². The molecule has 0 aromatic carbocycles. The van der Waals surface area contributed by atoms with Gasteiger partial charge in [-0.05, 0) is 28.1 Å². The lowest BCUT2D eigenvalue weighted by Crippen LogP contribution is -2.36. The Morgan fingerprint density at radius 1 is 1.47 bits per heavy atom. The van der Waals surface area contributed by atoms with Gasteiger partial charge in [-0.25, -0.2) is 4.98 Å². The van der Waals surface area contributed by atoms with Crippen molar-refractivity contribution in [2.75, 3.05) is 38.2 Å². The Kier molecular flexibility index (Phi) is 5.50. The fourth-order valence-corrected chi connectivity index (χ4v) is 1.94. The first kappa shape index (κ1) is 14.2. The smallest absolute Gasteiger partial charge is 0.249 e. The maximum atomic E-state index is 11.6. The van der Waals surface area contributed by atoms with Crippen molar-refractivity contribution >= 4 is 27.7 Å². The quantitative estimate of drug-likeness (QED) is 0.856.